The minimum atomic E-state index is -0.240. The van der Waals surface area contributed by atoms with E-state index in [9.17, 15) is 4.79 Å². The Kier molecular flexibility index (Phi) is 8.22. The summed E-state index contributed by atoms with van der Waals surface area (Å²) in [4.78, 5) is 14.5. The minimum Gasteiger partial charge on any atom is -0.490 e. The molecule has 0 aromatic heterocycles. The molecule has 0 bridgehead atoms. The van der Waals surface area contributed by atoms with Crippen molar-refractivity contribution in [2.45, 2.75) is 18.9 Å². The first kappa shape index (κ1) is 22.7. The van der Waals surface area contributed by atoms with E-state index >= 15 is 0 Å². The SMILES string of the molecule is NCC(Cc1ccc(OCCOc2c(Cl)cccc2Cl)cc1)C(=O)N1CCC(N)C1. The fourth-order valence-corrected chi connectivity index (χ4v) is 3.95. The van der Waals surface area contributed by atoms with Crippen molar-refractivity contribution in [3.63, 3.8) is 0 Å². The largest absolute Gasteiger partial charge is 0.490 e. The van der Waals surface area contributed by atoms with Crippen LogP contribution in [0.4, 0.5) is 0 Å². The zero-order valence-corrected chi connectivity index (χ0v) is 18.2. The van der Waals surface area contributed by atoms with Gasteiger partial charge >= 0.3 is 0 Å². The molecule has 1 heterocycles. The average Bonchev–Trinajstić information content (AvgIpc) is 3.18. The van der Waals surface area contributed by atoms with Crippen LogP contribution >= 0.6 is 23.2 Å². The Morgan fingerprint density at radius 3 is 2.37 bits per heavy atom. The second-order valence-corrected chi connectivity index (χ2v) is 8.18. The molecule has 30 heavy (non-hydrogen) atoms. The molecule has 2 aromatic carbocycles. The van der Waals surface area contributed by atoms with E-state index in [1.807, 2.05) is 29.2 Å². The maximum atomic E-state index is 12.7. The smallest absolute Gasteiger partial charge is 0.227 e. The van der Waals surface area contributed by atoms with Crippen molar-refractivity contribution in [2.75, 3.05) is 32.8 Å². The third kappa shape index (κ3) is 6.01. The highest BCUT2D eigenvalue weighted by Crippen LogP contribution is 2.32. The van der Waals surface area contributed by atoms with Crippen LogP contribution in [0.15, 0.2) is 42.5 Å². The summed E-state index contributed by atoms with van der Waals surface area (Å²) in [6, 6.07) is 12.9. The van der Waals surface area contributed by atoms with Gasteiger partial charge in [0.25, 0.3) is 0 Å². The van der Waals surface area contributed by atoms with Crippen molar-refractivity contribution in [1.82, 2.24) is 4.90 Å². The van der Waals surface area contributed by atoms with E-state index in [4.69, 9.17) is 44.1 Å². The molecule has 1 aliphatic rings. The minimum absolute atomic E-state index is 0.0710. The molecule has 6 nitrogen and oxygen atoms in total. The summed E-state index contributed by atoms with van der Waals surface area (Å²) in [6.07, 6.45) is 1.44. The van der Waals surface area contributed by atoms with E-state index in [1.165, 1.54) is 0 Å². The summed E-state index contributed by atoms with van der Waals surface area (Å²) in [5, 5.41) is 0.929. The van der Waals surface area contributed by atoms with Crippen LogP contribution in [-0.2, 0) is 11.2 Å². The number of hydrogen-bond donors (Lipinski definition) is 2. The van der Waals surface area contributed by atoms with Crippen LogP contribution in [0, 0.1) is 5.92 Å². The lowest BCUT2D eigenvalue weighted by Crippen LogP contribution is -2.40. The molecule has 0 radical (unpaired) electrons. The van der Waals surface area contributed by atoms with Crippen molar-refractivity contribution in [3.05, 3.63) is 58.1 Å². The van der Waals surface area contributed by atoms with Gasteiger partial charge in [-0.3, -0.25) is 4.79 Å². The van der Waals surface area contributed by atoms with E-state index in [1.54, 1.807) is 18.2 Å². The van der Waals surface area contributed by atoms with Gasteiger partial charge in [-0.1, -0.05) is 41.4 Å². The highest BCUT2D eigenvalue weighted by atomic mass is 35.5. The van der Waals surface area contributed by atoms with Crippen LogP contribution in [0.25, 0.3) is 0 Å². The summed E-state index contributed by atoms with van der Waals surface area (Å²) >= 11 is 12.1. The molecule has 0 spiro atoms. The van der Waals surface area contributed by atoms with E-state index < -0.39 is 0 Å². The molecule has 0 saturated carbocycles. The first-order chi connectivity index (χ1) is 14.5. The van der Waals surface area contributed by atoms with Gasteiger partial charge in [-0.25, -0.2) is 0 Å². The van der Waals surface area contributed by atoms with Crippen LogP contribution in [-0.4, -0.2) is 49.7 Å². The zero-order chi connectivity index (χ0) is 21.5. The van der Waals surface area contributed by atoms with Crippen LogP contribution in [0.1, 0.15) is 12.0 Å². The lowest BCUT2D eigenvalue weighted by atomic mass is 9.98. The van der Waals surface area contributed by atoms with Crippen molar-refractivity contribution in [2.24, 2.45) is 17.4 Å². The molecule has 2 aromatic rings. The number of benzene rings is 2. The summed E-state index contributed by atoms with van der Waals surface area (Å²) in [6.45, 7) is 2.30. The molecule has 162 valence electrons. The molecule has 0 aliphatic carbocycles. The standard InChI is InChI=1S/C22H27Cl2N3O3/c23-19-2-1-3-20(24)21(19)30-11-10-29-18-6-4-15(5-7-18)12-16(13-25)22(28)27-9-8-17(26)14-27/h1-7,16-17H,8-14,25-26H2. The summed E-state index contributed by atoms with van der Waals surface area (Å²) < 4.78 is 11.3. The zero-order valence-electron chi connectivity index (χ0n) is 16.7. The molecular weight excluding hydrogens is 425 g/mol. The number of likely N-dealkylation sites (tertiary alicyclic amines) is 1. The number of amides is 1. The van der Waals surface area contributed by atoms with E-state index in [0.717, 1.165) is 12.0 Å². The van der Waals surface area contributed by atoms with Crippen molar-refractivity contribution in [3.8, 4) is 11.5 Å². The van der Waals surface area contributed by atoms with Gasteiger partial charge in [0.15, 0.2) is 5.75 Å². The summed E-state index contributed by atoms with van der Waals surface area (Å²) in [5.74, 6) is 1.02. The predicted octanol–water partition coefficient (Wildman–Crippen LogP) is 3.13. The third-order valence-electron chi connectivity index (χ3n) is 5.09. The Balaban J connectivity index is 1.46. The Labute approximate surface area is 187 Å². The van der Waals surface area contributed by atoms with Crippen molar-refractivity contribution < 1.29 is 14.3 Å². The number of nitrogens with zero attached hydrogens (tertiary/aromatic N) is 1. The number of hydrogen-bond acceptors (Lipinski definition) is 5. The van der Waals surface area contributed by atoms with Crippen LogP contribution in [0.2, 0.25) is 10.0 Å². The third-order valence-corrected chi connectivity index (χ3v) is 5.69. The second kappa shape index (κ2) is 10.9. The summed E-state index contributed by atoms with van der Waals surface area (Å²) in [5.41, 5.74) is 12.8. The number of nitrogens with two attached hydrogens (primary N) is 2. The molecular formula is C22H27Cl2N3O3. The van der Waals surface area contributed by atoms with Gasteiger partial charge in [-0.05, 0) is 42.7 Å². The van der Waals surface area contributed by atoms with E-state index in [2.05, 4.69) is 0 Å². The maximum Gasteiger partial charge on any atom is 0.227 e. The fraction of sp³-hybridized carbons (Fsp3) is 0.409. The fourth-order valence-electron chi connectivity index (χ4n) is 3.45. The van der Waals surface area contributed by atoms with Gasteiger partial charge in [-0.2, -0.15) is 0 Å². The first-order valence-electron chi connectivity index (χ1n) is 10.0. The van der Waals surface area contributed by atoms with Gasteiger partial charge in [0.05, 0.1) is 16.0 Å². The molecule has 2 unspecified atom stereocenters. The lowest BCUT2D eigenvalue weighted by molar-refractivity contribution is -0.134. The Morgan fingerprint density at radius 1 is 1.10 bits per heavy atom. The quantitative estimate of drug-likeness (QED) is 0.571. The molecule has 1 fully saturated rings. The van der Waals surface area contributed by atoms with Crippen molar-refractivity contribution >= 4 is 29.1 Å². The van der Waals surface area contributed by atoms with E-state index in [-0.39, 0.29) is 17.9 Å². The molecule has 2 atom stereocenters. The molecule has 1 saturated heterocycles. The number of carbonyl (C=O) groups excluding carboxylic acids is 1. The van der Waals surface area contributed by atoms with Gasteiger partial charge in [0.2, 0.25) is 5.91 Å². The highest BCUT2D eigenvalue weighted by Gasteiger charge is 2.28. The van der Waals surface area contributed by atoms with Gasteiger partial charge in [0, 0.05) is 25.7 Å². The van der Waals surface area contributed by atoms with Gasteiger partial charge in [0.1, 0.15) is 19.0 Å². The maximum absolute atomic E-state index is 12.7. The predicted molar refractivity (Wildman–Crippen MR) is 119 cm³/mol. The average molecular weight is 452 g/mol. The molecule has 4 N–H and O–H groups in total. The first-order valence-corrected chi connectivity index (χ1v) is 10.8. The van der Waals surface area contributed by atoms with Crippen LogP contribution < -0.4 is 20.9 Å². The topological polar surface area (TPSA) is 90.8 Å². The molecule has 1 amide bonds. The number of ether oxygens (including phenoxy) is 2. The van der Waals surface area contributed by atoms with Crippen LogP contribution in [0.5, 0.6) is 11.5 Å². The number of halogens is 2. The molecule has 1 aliphatic heterocycles. The van der Waals surface area contributed by atoms with Crippen molar-refractivity contribution in [1.29, 1.82) is 0 Å². The number of carbonyl (C=O) groups is 1. The highest BCUT2D eigenvalue weighted by molar-refractivity contribution is 6.37. The normalized spacial score (nSPS) is 17.1. The number of rotatable bonds is 9. The monoisotopic (exact) mass is 451 g/mol. The Morgan fingerprint density at radius 2 is 1.77 bits per heavy atom. The Hall–Kier alpha value is -1.99. The molecule has 3 rings (SSSR count). The second-order valence-electron chi connectivity index (χ2n) is 7.36. The molecule has 8 heteroatoms. The van der Waals surface area contributed by atoms with Gasteiger partial charge < -0.3 is 25.8 Å². The number of para-hydroxylation sites is 1. The van der Waals surface area contributed by atoms with Crippen LogP contribution in [0.3, 0.4) is 0 Å². The summed E-state index contributed by atoms with van der Waals surface area (Å²) in [7, 11) is 0. The Bertz CT molecular complexity index is 828. The van der Waals surface area contributed by atoms with Gasteiger partial charge in [-0.15, -0.1) is 0 Å². The van der Waals surface area contributed by atoms with E-state index in [0.29, 0.717) is 60.8 Å². The lowest BCUT2D eigenvalue weighted by Gasteiger charge is -2.22.